The smallest absolute Gasteiger partial charge is 0.433 e. The van der Waals surface area contributed by atoms with Gasteiger partial charge in [-0.15, -0.1) is 11.3 Å². The number of aliphatic carboxylic acids is 1. The van der Waals surface area contributed by atoms with E-state index in [4.69, 9.17) is 4.74 Å². The van der Waals surface area contributed by atoms with Crippen LogP contribution in [0.2, 0.25) is 0 Å². The van der Waals surface area contributed by atoms with Gasteiger partial charge in [0.25, 0.3) is 0 Å². The van der Waals surface area contributed by atoms with Crippen molar-refractivity contribution < 1.29 is 27.8 Å². The fourth-order valence-electron chi connectivity index (χ4n) is 4.16. The van der Waals surface area contributed by atoms with E-state index in [1.54, 1.807) is 25.4 Å². The van der Waals surface area contributed by atoms with Crippen molar-refractivity contribution in [1.29, 1.82) is 0 Å². The Morgan fingerprint density at radius 1 is 1.24 bits per heavy atom. The van der Waals surface area contributed by atoms with E-state index in [0.717, 1.165) is 33.3 Å². The van der Waals surface area contributed by atoms with Crippen molar-refractivity contribution in [2.75, 3.05) is 12.4 Å². The molecule has 3 aromatic rings. The Balaban J connectivity index is 1.58. The van der Waals surface area contributed by atoms with Gasteiger partial charge in [-0.05, 0) is 61.9 Å². The molecule has 0 radical (unpaired) electrons. The number of hydrogen-bond acceptors (Lipinski definition) is 7. The van der Waals surface area contributed by atoms with Gasteiger partial charge in [0.05, 0.1) is 10.8 Å². The number of rotatable bonds is 6. The van der Waals surface area contributed by atoms with Crippen molar-refractivity contribution >= 4 is 28.9 Å². The number of alkyl halides is 3. The largest absolute Gasteiger partial charge is 0.481 e. The number of carboxylic acid groups (broad SMARTS) is 1. The molecule has 2 aromatic heterocycles. The van der Waals surface area contributed by atoms with Crippen LogP contribution in [0.15, 0.2) is 36.7 Å². The second-order valence-electron chi connectivity index (χ2n) is 8.32. The summed E-state index contributed by atoms with van der Waals surface area (Å²) in [5.41, 5.74) is 0.639. The second kappa shape index (κ2) is 9.30. The number of nitrogens with one attached hydrogen (secondary N) is 1. The molecule has 0 saturated heterocycles. The number of aromatic nitrogens is 3. The van der Waals surface area contributed by atoms with Gasteiger partial charge < -0.3 is 15.2 Å². The Bertz CT molecular complexity index is 1190. The molecular formula is C23H23F3N4O3S. The number of methoxy groups -OCH3 is 1. The lowest BCUT2D eigenvalue weighted by Crippen LogP contribution is -2.35. The van der Waals surface area contributed by atoms with Crippen LogP contribution in [0.5, 0.6) is 0 Å². The third-order valence-corrected chi connectivity index (χ3v) is 7.22. The molecule has 11 heteroatoms. The first-order valence-electron chi connectivity index (χ1n) is 10.6. The number of nitrogens with zero attached hydrogens (tertiary/aromatic N) is 3. The summed E-state index contributed by atoms with van der Waals surface area (Å²) in [7, 11) is 1.62. The molecule has 180 valence electrons. The van der Waals surface area contributed by atoms with E-state index >= 15 is 0 Å². The maximum Gasteiger partial charge on any atom is 0.433 e. The molecule has 0 aliphatic heterocycles. The molecule has 0 amide bonds. The van der Waals surface area contributed by atoms with Gasteiger partial charge in [0, 0.05) is 25.2 Å². The fraction of sp³-hybridized carbons (Fsp3) is 0.391. The van der Waals surface area contributed by atoms with E-state index < -0.39 is 23.4 Å². The van der Waals surface area contributed by atoms with Gasteiger partial charge in [0.2, 0.25) is 5.95 Å². The third-order valence-electron chi connectivity index (χ3n) is 5.99. The molecule has 1 saturated carbocycles. The summed E-state index contributed by atoms with van der Waals surface area (Å²) in [6.45, 7) is 1.88. The zero-order valence-corrected chi connectivity index (χ0v) is 19.3. The SMILES string of the molecule is CO[C@]1(c2ncc(-c3cc(C)cc(Nc4nccc(C(F)(F)F)n4)c3)s2)CC[C@@H](C(=O)O)CC1. The van der Waals surface area contributed by atoms with Crippen LogP contribution in [-0.4, -0.2) is 33.1 Å². The van der Waals surface area contributed by atoms with Gasteiger partial charge >= 0.3 is 12.1 Å². The highest BCUT2D eigenvalue weighted by molar-refractivity contribution is 7.15. The first-order valence-corrected chi connectivity index (χ1v) is 11.4. The van der Waals surface area contributed by atoms with Crippen LogP contribution in [0.25, 0.3) is 10.4 Å². The van der Waals surface area contributed by atoms with Crippen LogP contribution in [0.4, 0.5) is 24.8 Å². The van der Waals surface area contributed by atoms with Gasteiger partial charge in [-0.25, -0.2) is 15.0 Å². The summed E-state index contributed by atoms with van der Waals surface area (Å²) in [6.07, 6.45) is 0.428. The number of hydrogen-bond donors (Lipinski definition) is 2. The van der Waals surface area contributed by atoms with Gasteiger partial charge in [0.15, 0.2) is 0 Å². The Morgan fingerprint density at radius 3 is 2.62 bits per heavy atom. The molecule has 4 rings (SSSR count). The quantitative estimate of drug-likeness (QED) is 0.450. The fourth-order valence-corrected chi connectivity index (χ4v) is 5.29. The van der Waals surface area contributed by atoms with Crippen LogP contribution in [0.1, 0.15) is 41.9 Å². The number of aryl methyl sites for hydroxylation is 1. The molecule has 1 aliphatic carbocycles. The topological polar surface area (TPSA) is 97.2 Å². The van der Waals surface area contributed by atoms with Gasteiger partial charge in [0.1, 0.15) is 16.3 Å². The number of thiazole rings is 1. The molecule has 1 aromatic carbocycles. The van der Waals surface area contributed by atoms with E-state index in [1.807, 2.05) is 13.0 Å². The monoisotopic (exact) mass is 492 g/mol. The molecule has 0 unspecified atom stereocenters. The highest BCUT2D eigenvalue weighted by Gasteiger charge is 2.41. The zero-order chi connectivity index (χ0) is 24.5. The minimum atomic E-state index is -4.56. The lowest BCUT2D eigenvalue weighted by atomic mass is 9.79. The predicted molar refractivity (Wildman–Crippen MR) is 121 cm³/mol. The zero-order valence-electron chi connectivity index (χ0n) is 18.5. The van der Waals surface area contributed by atoms with Crippen molar-refractivity contribution in [1.82, 2.24) is 15.0 Å². The van der Waals surface area contributed by atoms with Gasteiger partial charge in [-0.3, -0.25) is 4.79 Å². The maximum atomic E-state index is 13.0. The summed E-state index contributed by atoms with van der Waals surface area (Å²) >= 11 is 1.46. The average molecular weight is 493 g/mol. The average Bonchev–Trinajstić information content (AvgIpc) is 3.29. The van der Waals surface area contributed by atoms with Crippen molar-refractivity contribution in [3.8, 4) is 10.4 Å². The molecule has 7 nitrogen and oxygen atoms in total. The maximum absolute atomic E-state index is 13.0. The Morgan fingerprint density at radius 2 is 1.97 bits per heavy atom. The summed E-state index contributed by atoms with van der Waals surface area (Å²) in [5, 5.41) is 12.9. The number of anilines is 2. The summed E-state index contributed by atoms with van der Waals surface area (Å²) < 4.78 is 44.8. The van der Waals surface area contributed by atoms with Gasteiger partial charge in [-0.2, -0.15) is 13.2 Å². The van der Waals surface area contributed by atoms with Crippen molar-refractivity contribution in [2.24, 2.45) is 5.92 Å². The van der Waals surface area contributed by atoms with E-state index in [2.05, 4.69) is 20.3 Å². The minimum absolute atomic E-state index is 0.148. The first-order chi connectivity index (χ1) is 16.1. The molecule has 0 spiro atoms. The standard InChI is InChI=1S/C23H23F3N4O3S/c1-13-9-15(11-16(10-13)29-21-27-8-5-18(30-21)23(24,25)26)17-12-28-20(34-17)22(33-2)6-3-14(4-7-22)19(31)32/h5,8-12,14H,3-4,6-7H2,1-2H3,(H,31,32)(H,27,29,30)/t14-,22-. The highest BCUT2D eigenvalue weighted by Crippen LogP contribution is 2.45. The second-order valence-corrected chi connectivity index (χ2v) is 9.35. The van der Waals surface area contributed by atoms with Crippen LogP contribution in [0.3, 0.4) is 0 Å². The Hall–Kier alpha value is -3.05. The number of carboxylic acids is 1. The highest BCUT2D eigenvalue weighted by atomic mass is 32.1. The van der Waals surface area contributed by atoms with E-state index in [0.29, 0.717) is 31.4 Å². The molecule has 2 heterocycles. The first kappa shape index (κ1) is 24.1. The third kappa shape index (κ3) is 5.05. The number of benzene rings is 1. The molecule has 2 N–H and O–H groups in total. The molecule has 0 bridgehead atoms. The van der Waals surface area contributed by atoms with E-state index in [9.17, 15) is 23.1 Å². The van der Waals surface area contributed by atoms with Crippen LogP contribution in [-0.2, 0) is 21.3 Å². The molecular weight excluding hydrogens is 469 g/mol. The van der Waals surface area contributed by atoms with E-state index in [-0.39, 0.29) is 11.9 Å². The van der Waals surface area contributed by atoms with E-state index in [1.165, 1.54) is 11.3 Å². The molecule has 1 fully saturated rings. The number of halogens is 3. The lowest BCUT2D eigenvalue weighted by molar-refractivity contribution is -0.146. The molecule has 1 aliphatic rings. The summed E-state index contributed by atoms with van der Waals surface area (Å²) in [4.78, 5) is 24.2. The van der Waals surface area contributed by atoms with Crippen molar-refractivity contribution in [3.05, 3.63) is 52.9 Å². The Kier molecular flexibility index (Phi) is 6.59. The Labute approximate surface area is 198 Å². The predicted octanol–water partition coefficient (Wildman–Crippen LogP) is 5.79. The number of carbonyl (C=O) groups is 1. The normalized spacial score (nSPS) is 20.8. The summed E-state index contributed by atoms with van der Waals surface area (Å²) in [5.74, 6) is -1.30. The van der Waals surface area contributed by atoms with Crippen LogP contribution in [0, 0.1) is 12.8 Å². The van der Waals surface area contributed by atoms with Crippen LogP contribution >= 0.6 is 11.3 Å². The van der Waals surface area contributed by atoms with Crippen LogP contribution < -0.4 is 5.32 Å². The van der Waals surface area contributed by atoms with Crippen molar-refractivity contribution in [3.63, 3.8) is 0 Å². The molecule has 0 atom stereocenters. The minimum Gasteiger partial charge on any atom is -0.481 e. The van der Waals surface area contributed by atoms with Crippen molar-refractivity contribution in [2.45, 2.75) is 44.4 Å². The molecule has 34 heavy (non-hydrogen) atoms. The lowest BCUT2D eigenvalue weighted by Gasteiger charge is -2.36. The number of ether oxygens (including phenoxy) is 1. The summed E-state index contributed by atoms with van der Waals surface area (Å²) in [6, 6.07) is 6.37. The van der Waals surface area contributed by atoms with Gasteiger partial charge in [-0.1, -0.05) is 6.07 Å².